The number of nitrogens with one attached hydrogen (secondary N) is 2. The van der Waals surface area contributed by atoms with Crippen molar-refractivity contribution in [1.82, 2.24) is 20.2 Å². The fraction of sp³-hybridized carbons (Fsp3) is 0.241. The molecule has 3 aromatic carbocycles. The normalized spacial score (nSPS) is 15.0. The van der Waals surface area contributed by atoms with E-state index in [2.05, 4.69) is 15.3 Å². The molecule has 1 saturated heterocycles. The number of imide groups is 1. The molecule has 0 aliphatic carbocycles. The Morgan fingerprint density at radius 2 is 1.67 bits per heavy atom. The van der Waals surface area contributed by atoms with Gasteiger partial charge in [-0.1, -0.05) is 30.3 Å². The van der Waals surface area contributed by atoms with E-state index in [4.69, 9.17) is 14.2 Å². The predicted molar refractivity (Wildman–Crippen MR) is 145 cm³/mol. The first-order valence-electron chi connectivity index (χ1n) is 12.4. The molecule has 1 aliphatic rings. The highest BCUT2D eigenvalue weighted by atomic mass is 16.5. The first-order valence-corrected chi connectivity index (χ1v) is 12.4. The smallest absolute Gasteiger partial charge is 0.325 e. The molecule has 10 heteroatoms. The molecule has 3 amide bonds. The Morgan fingerprint density at radius 1 is 0.949 bits per heavy atom. The maximum absolute atomic E-state index is 12.9. The number of benzene rings is 3. The van der Waals surface area contributed by atoms with Crippen molar-refractivity contribution in [3.63, 3.8) is 0 Å². The van der Waals surface area contributed by atoms with Gasteiger partial charge in [0.05, 0.1) is 26.3 Å². The van der Waals surface area contributed by atoms with E-state index in [9.17, 15) is 14.4 Å². The third-order valence-corrected chi connectivity index (χ3v) is 6.66. The van der Waals surface area contributed by atoms with Crippen LogP contribution < -0.4 is 25.1 Å². The lowest BCUT2D eigenvalue weighted by molar-refractivity contribution is -0.127. The molecule has 5 rings (SSSR count). The minimum atomic E-state index is -0.696. The Balaban J connectivity index is 1.34. The monoisotopic (exact) mass is 528 g/mol. The Hall–Kier alpha value is -4.86. The molecule has 0 saturated carbocycles. The maximum atomic E-state index is 12.9. The van der Waals surface area contributed by atoms with Crippen LogP contribution in [0.1, 0.15) is 22.7 Å². The average Bonchev–Trinajstić information content (AvgIpc) is 3.22. The first-order chi connectivity index (χ1) is 18.8. The largest absolute Gasteiger partial charge is 0.497 e. The zero-order chi connectivity index (χ0) is 27.7. The van der Waals surface area contributed by atoms with Crippen molar-refractivity contribution in [2.24, 2.45) is 0 Å². The zero-order valence-corrected chi connectivity index (χ0v) is 22.0. The SMILES string of the molecule is COc1cc(OC)c2c(=O)[nH]c(-c3cc(C)c(OCCN4C(=O)NC(c5ccccc5)C4=O)c(C)c3)nc2c1. The van der Waals surface area contributed by atoms with Crippen LogP contribution in [0.5, 0.6) is 17.2 Å². The van der Waals surface area contributed by atoms with Crippen molar-refractivity contribution in [2.75, 3.05) is 27.4 Å². The number of H-pyrrole nitrogens is 1. The van der Waals surface area contributed by atoms with Gasteiger partial charge in [-0.05, 0) is 42.7 Å². The fourth-order valence-electron chi connectivity index (χ4n) is 4.78. The van der Waals surface area contributed by atoms with Crippen LogP contribution >= 0.6 is 0 Å². The number of aryl methyl sites for hydroxylation is 2. The number of carbonyl (C=O) groups excluding carboxylic acids is 2. The Bertz CT molecular complexity index is 1610. The highest BCUT2D eigenvalue weighted by Crippen LogP contribution is 2.32. The van der Waals surface area contributed by atoms with Crippen LogP contribution in [-0.4, -0.2) is 54.2 Å². The molecule has 1 unspecified atom stereocenters. The van der Waals surface area contributed by atoms with Gasteiger partial charge in [-0.25, -0.2) is 9.78 Å². The molecule has 4 aromatic rings. The standard InChI is InChI=1S/C29H28N4O6/c1-16-12-19(26-30-21-14-20(37-3)15-22(38-4)23(21)27(34)32-26)13-17(2)25(16)39-11-10-33-28(35)24(31-29(33)36)18-8-6-5-7-9-18/h5-9,12-15,24H,10-11H2,1-4H3,(H,31,36)(H,30,32,34). The second kappa shape index (κ2) is 10.5. The van der Waals surface area contributed by atoms with Crippen molar-refractivity contribution < 1.29 is 23.8 Å². The van der Waals surface area contributed by atoms with Gasteiger partial charge in [0.1, 0.15) is 41.1 Å². The molecule has 2 N–H and O–H groups in total. The number of aromatic nitrogens is 2. The lowest BCUT2D eigenvalue weighted by atomic mass is 10.0. The summed E-state index contributed by atoms with van der Waals surface area (Å²) in [6, 6.07) is 15.0. The highest BCUT2D eigenvalue weighted by Gasteiger charge is 2.38. The van der Waals surface area contributed by atoms with Crippen LogP contribution in [0.4, 0.5) is 4.79 Å². The summed E-state index contributed by atoms with van der Waals surface area (Å²) >= 11 is 0. The number of hydrogen-bond acceptors (Lipinski definition) is 7. The Labute approximate surface area is 224 Å². The summed E-state index contributed by atoms with van der Waals surface area (Å²) < 4.78 is 16.7. The quantitative estimate of drug-likeness (QED) is 0.333. The Kier molecular flexibility index (Phi) is 6.93. The number of rotatable bonds is 8. The summed E-state index contributed by atoms with van der Waals surface area (Å²) in [7, 11) is 3.02. The molecule has 1 aliphatic heterocycles. The molecule has 1 fully saturated rings. The van der Waals surface area contributed by atoms with Crippen LogP contribution in [0.25, 0.3) is 22.3 Å². The van der Waals surface area contributed by atoms with Crippen LogP contribution in [0, 0.1) is 13.8 Å². The van der Waals surface area contributed by atoms with Crippen molar-refractivity contribution in [1.29, 1.82) is 0 Å². The molecular formula is C29H28N4O6. The molecule has 200 valence electrons. The van der Waals surface area contributed by atoms with E-state index in [-0.39, 0.29) is 24.6 Å². The van der Waals surface area contributed by atoms with E-state index < -0.39 is 12.1 Å². The number of hydrogen-bond donors (Lipinski definition) is 2. The lowest BCUT2D eigenvalue weighted by Crippen LogP contribution is -2.34. The average molecular weight is 529 g/mol. The van der Waals surface area contributed by atoms with E-state index in [1.165, 1.54) is 19.1 Å². The predicted octanol–water partition coefficient (Wildman–Crippen LogP) is 3.90. The van der Waals surface area contributed by atoms with Crippen molar-refractivity contribution in [2.45, 2.75) is 19.9 Å². The summed E-state index contributed by atoms with van der Waals surface area (Å²) in [5.74, 6) is 1.63. The van der Waals surface area contributed by atoms with Gasteiger partial charge in [0.2, 0.25) is 0 Å². The second-order valence-electron chi connectivity index (χ2n) is 9.21. The number of methoxy groups -OCH3 is 2. The topological polar surface area (TPSA) is 123 Å². The van der Waals surface area contributed by atoms with Gasteiger partial charge in [-0.15, -0.1) is 0 Å². The molecule has 1 atom stereocenters. The van der Waals surface area contributed by atoms with Crippen LogP contribution in [0.3, 0.4) is 0 Å². The first kappa shape index (κ1) is 25.8. The minimum absolute atomic E-state index is 0.109. The Morgan fingerprint density at radius 3 is 2.33 bits per heavy atom. The molecule has 39 heavy (non-hydrogen) atoms. The number of nitrogens with zero attached hydrogens (tertiary/aromatic N) is 2. The van der Waals surface area contributed by atoms with Crippen molar-refractivity contribution in [3.8, 4) is 28.6 Å². The van der Waals surface area contributed by atoms with Crippen LogP contribution in [-0.2, 0) is 4.79 Å². The van der Waals surface area contributed by atoms with Gasteiger partial charge in [0.15, 0.2) is 0 Å². The highest BCUT2D eigenvalue weighted by molar-refractivity contribution is 6.04. The van der Waals surface area contributed by atoms with Gasteiger partial charge >= 0.3 is 6.03 Å². The van der Waals surface area contributed by atoms with Crippen LogP contribution in [0.15, 0.2) is 59.4 Å². The van der Waals surface area contributed by atoms with Crippen LogP contribution in [0.2, 0.25) is 0 Å². The molecule has 0 radical (unpaired) electrons. The fourth-order valence-corrected chi connectivity index (χ4v) is 4.78. The summed E-state index contributed by atoms with van der Waals surface area (Å²) in [5.41, 5.74) is 3.19. The van der Waals surface area contributed by atoms with E-state index >= 15 is 0 Å². The number of amides is 3. The van der Waals surface area contributed by atoms with E-state index in [1.807, 2.05) is 56.3 Å². The van der Waals surface area contributed by atoms with Gasteiger partial charge in [0.25, 0.3) is 11.5 Å². The van der Waals surface area contributed by atoms with Gasteiger partial charge < -0.3 is 24.5 Å². The van der Waals surface area contributed by atoms with Crippen molar-refractivity contribution >= 4 is 22.8 Å². The molecular weight excluding hydrogens is 500 g/mol. The van der Waals surface area contributed by atoms with Gasteiger partial charge in [0, 0.05) is 17.7 Å². The zero-order valence-electron chi connectivity index (χ0n) is 22.0. The summed E-state index contributed by atoms with van der Waals surface area (Å²) in [6.45, 7) is 4.01. The van der Waals surface area contributed by atoms with E-state index in [0.29, 0.717) is 39.5 Å². The van der Waals surface area contributed by atoms with Gasteiger partial charge in [-0.3, -0.25) is 14.5 Å². The summed E-state index contributed by atoms with van der Waals surface area (Å²) in [5, 5.41) is 3.07. The third kappa shape index (κ3) is 4.88. The number of fused-ring (bicyclic) bond motifs is 1. The van der Waals surface area contributed by atoms with Gasteiger partial charge in [-0.2, -0.15) is 0 Å². The van der Waals surface area contributed by atoms with E-state index in [0.717, 1.165) is 16.7 Å². The second-order valence-corrected chi connectivity index (χ2v) is 9.21. The number of urea groups is 1. The number of ether oxygens (including phenoxy) is 3. The third-order valence-electron chi connectivity index (χ3n) is 6.66. The number of carbonyl (C=O) groups is 2. The summed E-state index contributed by atoms with van der Waals surface area (Å²) in [4.78, 5) is 46.8. The molecule has 0 bridgehead atoms. The lowest BCUT2D eigenvalue weighted by Gasteiger charge is -2.17. The van der Waals surface area contributed by atoms with E-state index in [1.54, 1.807) is 12.1 Å². The maximum Gasteiger partial charge on any atom is 0.325 e. The molecule has 10 nitrogen and oxygen atoms in total. The minimum Gasteiger partial charge on any atom is -0.497 e. The van der Waals surface area contributed by atoms with Crippen molar-refractivity contribution in [3.05, 3.63) is 81.6 Å². The summed E-state index contributed by atoms with van der Waals surface area (Å²) in [6.07, 6.45) is 0. The molecule has 0 spiro atoms. The molecule has 2 heterocycles. The molecule has 1 aromatic heterocycles. The number of aromatic amines is 1.